The Kier molecular flexibility index (Phi) is 3.80. The molecule has 1 aliphatic carbocycles. The predicted molar refractivity (Wildman–Crippen MR) is 63.7 cm³/mol. The van der Waals surface area contributed by atoms with Crippen LogP contribution >= 0.6 is 0 Å². The van der Waals surface area contributed by atoms with Crippen LogP contribution in [0.1, 0.15) is 18.4 Å². The Balaban J connectivity index is 1.69. The van der Waals surface area contributed by atoms with Crippen molar-refractivity contribution in [2.75, 3.05) is 13.2 Å². The van der Waals surface area contributed by atoms with Crippen molar-refractivity contribution in [3.8, 4) is 5.75 Å². The van der Waals surface area contributed by atoms with Crippen LogP contribution in [-0.2, 0) is 0 Å². The Morgan fingerprint density at radius 1 is 1.50 bits per heavy atom. The van der Waals surface area contributed by atoms with Gasteiger partial charge in [0.1, 0.15) is 18.5 Å². The smallest absolute Gasteiger partial charge is 0.119 e. The van der Waals surface area contributed by atoms with E-state index in [9.17, 15) is 5.11 Å². The molecule has 2 rings (SSSR count). The van der Waals surface area contributed by atoms with Crippen LogP contribution in [0.5, 0.6) is 5.75 Å². The minimum absolute atomic E-state index is 0.350. The van der Waals surface area contributed by atoms with Gasteiger partial charge in [-0.2, -0.15) is 0 Å². The van der Waals surface area contributed by atoms with Gasteiger partial charge in [0.2, 0.25) is 0 Å². The van der Waals surface area contributed by atoms with Gasteiger partial charge in [-0.3, -0.25) is 0 Å². The minimum Gasteiger partial charge on any atom is -0.491 e. The largest absolute Gasteiger partial charge is 0.491 e. The van der Waals surface area contributed by atoms with E-state index in [0.717, 1.165) is 5.75 Å². The fourth-order valence-electron chi connectivity index (χ4n) is 1.55. The lowest BCUT2D eigenvalue weighted by Crippen LogP contribution is -2.32. The first-order valence-corrected chi connectivity index (χ1v) is 5.85. The first-order chi connectivity index (χ1) is 7.74. The lowest BCUT2D eigenvalue weighted by Gasteiger charge is -2.13. The molecule has 0 heterocycles. The van der Waals surface area contributed by atoms with Crippen LogP contribution in [0.3, 0.4) is 0 Å². The number of aryl methyl sites for hydroxylation is 1. The van der Waals surface area contributed by atoms with Gasteiger partial charge in [0, 0.05) is 12.6 Å². The number of aliphatic hydroxyl groups is 1. The average Bonchev–Trinajstić information content (AvgIpc) is 3.07. The van der Waals surface area contributed by atoms with Gasteiger partial charge in [0.05, 0.1) is 0 Å². The normalized spacial score (nSPS) is 17.1. The van der Waals surface area contributed by atoms with Gasteiger partial charge < -0.3 is 15.2 Å². The van der Waals surface area contributed by atoms with Crippen molar-refractivity contribution >= 4 is 0 Å². The van der Waals surface area contributed by atoms with E-state index in [1.54, 1.807) is 0 Å². The van der Waals surface area contributed by atoms with Gasteiger partial charge in [-0.1, -0.05) is 12.1 Å². The molecule has 0 aromatic heterocycles. The van der Waals surface area contributed by atoms with Crippen LogP contribution < -0.4 is 10.1 Å². The van der Waals surface area contributed by atoms with Crippen LogP contribution in [0.2, 0.25) is 0 Å². The molecule has 1 fully saturated rings. The molecule has 0 spiro atoms. The molecule has 1 atom stereocenters. The highest BCUT2D eigenvalue weighted by atomic mass is 16.5. The Bertz CT molecular complexity index is 336. The topological polar surface area (TPSA) is 41.5 Å². The summed E-state index contributed by atoms with van der Waals surface area (Å²) in [6.07, 6.45) is 2.05. The second kappa shape index (κ2) is 5.32. The number of hydrogen-bond acceptors (Lipinski definition) is 3. The number of rotatable bonds is 6. The van der Waals surface area contributed by atoms with Crippen LogP contribution in [0, 0.1) is 6.92 Å². The quantitative estimate of drug-likeness (QED) is 0.764. The lowest BCUT2D eigenvalue weighted by atomic mass is 10.2. The lowest BCUT2D eigenvalue weighted by molar-refractivity contribution is 0.106. The molecule has 2 N–H and O–H groups in total. The van der Waals surface area contributed by atoms with Gasteiger partial charge in [-0.15, -0.1) is 0 Å². The summed E-state index contributed by atoms with van der Waals surface area (Å²) < 4.78 is 5.51. The van der Waals surface area contributed by atoms with Crippen molar-refractivity contribution in [1.82, 2.24) is 5.32 Å². The van der Waals surface area contributed by atoms with Crippen molar-refractivity contribution in [3.63, 3.8) is 0 Å². The van der Waals surface area contributed by atoms with E-state index in [-0.39, 0.29) is 0 Å². The zero-order valence-corrected chi connectivity index (χ0v) is 9.65. The second-order valence-corrected chi connectivity index (χ2v) is 4.46. The van der Waals surface area contributed by atoms with Crippen molar-refractivity contribution < 1.29 is 9.84 Å². The molecule has 1 aromatic rings. The highest BCUT2D eigenvalue weighted by Crippen LogP contribution is 2.18. The van der Waals surface area contributed by atoms with Crippen molar-refractivity contribution in [2.24, 2.45) is 0 Å². The third kappa shape index (κ3) is 3.83. The number of benzene rings is 1. The number of hydrogen-bond donors (Lipinski definition) is 2. The highest BCUT2D eigenvalue weighted by Gasteiger charge is 2.21. The Labute approximate surface area is 96.4 Å². The Hall–Kier alpha value is -1.06. The summed E-state index contributed by atoms with van der Waals surface area (Å²) in [6.45, 7) is 3.00. The van der Waals surface area contributed by atoms with E-state index in [0.29, 0.717) is 19.2 Å². The zero-order valence-electron chi connectivity index (χ0n) is 9.65. The molecular weight excluding hydrogens is 202 g/mol. The maximum atomic E-state index is 9.67. The monoisotopic (exact) mass is 221 g/mol. The molecule has 3 heteroatoms. The van der Waals surface area contributed by atoms with Crippen LogP contribution in [0.15, 0.2) is 24.3 Å². The van der Waals surface area contributed by atoms with E-state index in [1.807, 2.05) is 31.2 Å². The van der Waals surface area contributed by atoms with Gasteiger partial charge in [0.15, 0.2) is 0 Å². The molecule has 0 aliphatic heterocycles. The summed E-state index contributed by atoms with van der Waals surface area (Å²) >= 11 is 0. The molecule has 0 unspecified atom stereocenters. The molecule has 0 saturated heterocycles. The van der Waals surface area contributed by atoms with Crippen LogP contribution in [0.25, 0.3) is 0 Å². The number of aliphatic hydroxyl groups excluding tert-OH is 1. The van der Waals surface area contributed by atoms with E-state index in [1.165, 1.54) is 18.4 Å². The third-order valence-electron chi connectivity index (χ3n) is 2.65. The summed E-state index contributed by atoms with van der Waals surface area (Å²) in [4.78, 5) is 0. The third-order valence-corrected chi connectivity index (χ3v) is 2.65. The summed E-state index contributed by atoms with van der Waals surface area (Å²) in [5.41, 5.74) is 1.17. The van der Waals surface area contributed by atoms with Gasteiger partial charge in [-0.25, -0.2) is 0 Å². The van der Waals surface area contributed by atoms with Crippen molar-refractivity contribution in [1.29, 1.82) is 0 Å². The SMILES string of the molecule is Cc1cccc(OC[C@@H](O)CNC2CC2)c1. The molecular formula is C13H19NO2. The molecule has 16 heavy (non-hydrogen) atoms. The Morgan fingerprint density at radius 3 is 3.00 bits per heavy atom. The summed E-state index contributed by atoms with van der Waals surface area (Å²) in [7, 11) is 0. The molecule has 0 radical (unpaired) electrons. The van der Waals surface area contributed by atoms with E-state index in [2.05, 4.69) is 5.32 Å². The summed E-state index contributed by atoms with van der Waals surface area (Å²) in [5.74, 6) is 0.825. The van der Waals surface area contributed by atoms with Crippen molar-refractivity contribution in [2.45, 2.75) is 31.9 Å². The summed E-state index contributed by atoms with van der Waals surface area (Å²) in [5, 5.41) is 12.9. The van der Waals surface area contributed by atoms with Crippen molar-refractivity contribution in [3.05, 3.63) is 29.8 Å². The molecule has 1 saturated carbocycles. The Morgan fingerprint density at radius 2 is 2.31 bits per heavy atom. The number of ether oxygens (including phenoxy) is 1. The van der Waals surface area contributed by atoms with E-state index >= 15 is 0 Å². The minimum atomic E-state index is -0.430. The van der Waals surface area contributed by atoms with Gasteiger partial charge in [-0.05, 0) is 37.5 Å². The maximum absolute atomic E-state index is 9.67. The number of nitrogens with one attached hydrogen (secondary N) is 1. The summed E-state index contributed by atoms with van der Waals surface area (Å²) in [6, 6.07) is 8.50. The highest BCUT2D eigenvalue weighted by molar-refractivity contribution is 5.27. The van der Waals surface area contributed by atoms with Gasteiger partial charge in [0.25, 0.3) is 0 Å². The van der Waals surface area contributed by atoms with E-state index in [4.69, 9.17) is 4.74 Å². The molecule has 1 aromatic carbocycles. The maximum Gasteiger partial charge on any atom is 0.119 e. The molecule has 88 valence electrons. The molecule has 3 nitrogen and oxygen atoms in total. The molecule has 0 bridgehead atoms. The predicted octanol–water partition coefficient (Wildman–Crippen LogP) is 1.49. The van der Waals surface area contributed by atoms with Crippen LogP contribution in [-0.4, -0.2) is 30.4 Å². The zero-order chi connectivity index (χ0) is 11.4. The first-order valence-electron chi connectivity index (χ1n) is 5.85. The van der Waals surface area contributed by atoms with Gasteiger partial charge >= 0.3 is 0 Å². The standard InChI is InChI=1S/C13H19NO2/c1-10-3-2-4-13(7-10)16-9-12(15)8-14-11-5-6-11/h2-4,7,11-12,14-15H,5-6,8-9H2,1H3/t12-/m0/s1. The molecule has 0 amide bonds. The van der Waals surface area contributed by atoms with Crippen LogP contribution in [0.4, 0.5) is 0 Å². The first kappa shape index (κ1) is 11.4. The fourth-order valence-corrected chi connectivity index (χ4v) is 1.55. The second-order valence-electron chi connectivity index (χ2n) is 4.46. The fraction of sp³-hybridized carbons (Fsp3) is 0.538. The van der Waals surface area contributed by atoms with E-state index < -0.39 is 6.10 Å². The molecule has 1 aliphatic rings. The average molecular weight is 221 g/mol.